The Morgan fingerprint density at radius 1 is 1.64 bits per heavy atom. The van der Waals surface area contributed by atoms with Gasteiger partial charge in [-0.25, -0.2) is 4.98 Å². The number of hydrogen-bond donors (Lipinski definition) is 2. The molecule has 0 aliphatic rings. The van der Waals surface area contributed by atoms with Crippen molar-refractivity contribution in [2.75, 3.05) is 6.61 Å². The molecule has 1 aromatic rings. The molecule has 0 bridgehead atoms. The third-order valence-electron chi connectivity index (χ3n) is 0.965. The minimum atomic E-state index is -0.301. The minimum Gasteiger partial charge on any atom is -0.394 e. The largest absolute Gasteiger partial charge is 0.394 e. The Morgan fingerprint density at radius 2 is 2.27 bits per heavy atom. The topological polar surface area (TPSA) is 59.1 Å². The first kappa shape index (κ1) is 13.7. The summed E-state index contributed by atoms with van der Waals surface area (Å²) in [5.41, 5.74) is 5.44. The summed E-state index contributed by atoms with van der Waals surface area (Å²) in [6.07, 6.45) is 1.68. The molecule has 3 N–H and O–H groups in total. The van der Waals surface area contributed by atoms with Gasteiger partial charge in [0.1, 0.15) is 5.01 Å². The van der Waals surface area contributed by atoms with Crippen LogP contribution in [0.4, 0.5) is 0 Å². The summed E-state index contributed by atoms with van der Waals surface area (Å²) in [4.78, 5) is 3.92. The lowest BCUT2D eigenvalue weighted by Crippen LogP contribution is -2.13. The summed E-state index contributed by atoms with van der Waals surface area (Å²) in [5.74, 6) is 0. The lowest BCUT2D eigenvalue weighted by molar-refractivity contribution is 0.267. The highest BCUT2D eigenvalue weighted by Gasteiger charge is 2.04. The highest BCUT2D eigenvalue weighted by Crippen LogP contribution is 2.11. The van der Waals surface area contributed by atoms with E-state index in [1.165, 1.54) is 11.3 Å². The maximum Gasteiger partial charge on any atom is 0.112 e. The molecule has 66 valence electrons. The van der Waals surface area contributed by atoms with E-state index in [-0.39, 0.29) is 37.5 Å². The molecule has 3 nitrogen and oxygen atoms in total. The molecule has 0 unspecified atom stereocenters. The van der Waals surface area contributed by atoms with Gasteiger partial charge >= 0.3 is 0 Å². The Kier molecular flexibility index (Phi) is 8.49. The average Bonchev–Trinajstić information content (AvgIpc) is 2.37. The lowest BCUT2D eigenvalue weighted by atomic mass is 10.4. The third-order valence-corrected chi connectivity index (χ3v) is 1.87. The maximum atomic E-state index is 8.55. The molecule has 1 aromatic heterocycles. The van der Waals surface area contributed by atoms with E-state index < -0.39 is 0 Å². The fraction of sp³-hybridized carbons (Fsp3) is 0.400. The fourth-order valence-corrected chi connectivity index (χ4v) is 1.13. The fourth-order valence-electron chi connectivity index (χ4n) is 0.496. The minimum absolute atomic E-state index is 0. The van der Waals surface area contributed by atoms with Crippen LogP contribution in [0.25, 0.3) is 0 Å². The maximum absolute atomic E-state index is 8.55. The molecule has 1 atom stereocenters. The number of rotatable bonds is 2. The number of aliphatic hydroxyl groups is 1. The van der Waals surface area contributed by atoms with Crippen molar-refractivity contribution < 1.29 is 5.11 Å². The Balaban J connectivity index is 0. The van der Waals surface area contributed by atoms with E-state index in [1.807, 2.05) is 5.38 Å². The van der Waals surface area contributed by atoms with Crippen molar-refractivity contribution in [3.63, 3.8) is 0 Å². The van der Waals surface area contributed by atoms with Gasteiger partial charge in [-0.05, 0) is 0 Å². The van der Waals surface area contributed by atoms with Crippen LogP contribution in [0.5, 0.6) is 0 Å². The van der Waals surface area contributed by atoms with Gasteiger partial charge in [-0.3, -0.25) is 0 Å². The lowest BCUT2D eigenvalue weighted by Gasteiger charge is -2.00. The predicted octanol–water partition coefficient (Wildman–Crippen LogP) is 0.979. The molecule has 11 heavy (non-hydrogen) atoms. The van der Waals surface area contributed by atoms with Crippen molar-refractivity contribution >= 4 is 36.2 Å². The van der Waals surface area contributed by atoms with Gasteiger partial charge in [-0.1, -0.05) is 0 Å². The molecule has 6 heteroatoms. The van der Waals surface area contributed by atoms with E-state index in [0.29, 0.717) is 0 Å². The first-order valence-corrected chi connectivity index (χ1v) is 3.48. The molecular formula is C5H10Cl2N2OS. The van der Waals surface area contributed by atoms with Crippen LogP contribution in [0.1, 0.15) is 11.0 Å². The normalized spacial score (nSPS) is 11.1. The smallest absolute Gasteiger partial charge is 0.112 e. The summed E-state index contributed by atoms with van der Waals surface area (Å²) in [6, 6.07) is -0.301. The number of thiazole rings is 1. The molecule has 1 rings (SSSR count). The first-order valence-electron chi connectivity index (χ1n) is 2.60. The van der Waals surface area contributed by atoms with Gasteiger partial charge in [0, 0.05) is 11.6 Å². The standard InChI is InChI=1S/C5H8N2OS.2ClH/c6-4(3-8)5-7-1-2-9-5;;/h1-2,4,8H,3,6H2;2*1H/t4-;;/m0../s1. The number of nitrogens with zero attached hydrogens (tertiary/aromatic N) is 1. The van der Waals surface area contributed by atoms with Gasteiger partial charge < -0.3 is 10.8 Å². The van der Waals surface area contributed by atoms with Crippen LogP contribution < -0.4 is 5.73 Å². The first-order chi connectivity index (χ1) is 4.34. The molecular weight excluding hydrogens is 207 g/mol. The molecule has 0 aromatic carbocycles. The van der Waals surface area contributed by atoms with Gasteiger partial charge in [0.05, 0.1) is 12.6 Å². The number of nitrogens with two attached hydrogens (primary N) is 1. The van der Waals surface area contributed by atoms with Crippen LogP contribution >= 0.6 is 36.2 Å². The van der Waals surface area contributed by atoms with Crippen LogP contribution in [0.15, 0.2) is 11.6 Å². The average molecular weight is 217 g/mol. The van der Waals surface area contributed by atoms with Crippen LogP contribution in [0.3, 0.4) is 0 Å². The molecule has 1 heterocycles. The number of halogens is 2. The predicted molar refractivity (Wildman–Crippen MR) is 50.6 cm³/mol. The zero-order chi connectivity index (χ0) is 6.69. The second kappa shape index (κ2) is 6.82. The van der Waals surface area contributed by atoms with Crippen molar-refractivity contribution in [1.82, 2.24) is 4.98 Å². The van der Waals surface area contributed by atoms with E-state index in [0.717, 1.165) is 5.01 Å². The van der Waals surface area contributed by atoms with Crippen molar-refractivity contribution in [3.8, 4) is 0 Å². The van der Waals surface area contributed by atoms with Gasteiger partial charge in [-0.15, -0.1) is 36.2 Å². The zero-order valence-electron chi connectivity index (χ0n) is 5.64. The van der Waals surface area contributed by atoms with Gasteiger partial charge in [-0.2, -0.15) is 0 Å². The summed E-state index contributed by atoms with van der Waals surface area (Å²) in [7, 11) is 0. The summed E-state index contributed by atoms with van der Waals surface area (Å²) in [5, 5.41) is 11.2. The second-order valence-corrected chi connectivity index (χ2v) is 2.59. The summed E-state index contributed by atoms with van der Waals surface area (Å²) in [6.45, 7) is -0.0342. The molecule has 0 saturated carbocycles. The van der Waals surface area contributed by atoms with Crippen LogP contribution in [-0.2, 0) is 0 Å². The van der Waals surface area contributed by atoms with Crippen molar-refractivity contribution in [3.05, 3.63) is 16.6 Å². The summed E-state index contributed by atoms with van der Waals surface area (Å²) < 4.78 is 0. The van der Waals surface area contributed by atoms with E-state index in [4.69, 9.17) is 10.8 Å². The van der Waals surface area contributed by atoms with E-state index in [9.17, 15) is 0 Å². The number of aromatic nitrogens is 1. The Labute approximate surface area is 81.5 Å². The van der Waals surface area contributed by atoms with Crippen molar-refractivity contribution in [1.29, 1.82) is 0 Å². The Bertz CT molecular complexity index is 171. The molecule has 0 spiro atoms. The SMILES string of the molecule is Cl.Cl.N[C@@H](CO)c1nccs1. The molecule has 0 aliphatic carbocycles. The third kappa shape index (κ3) is 3.88. The Morgan fingerprint density at radius 3 is 2.64 bits per heavy atom. The van der Waals surface area contributed by atoms with Crippen molar-refractivity contribution in [2.45, 2.75) is 6.04 Å². The van der Waals surface area contributed by atoms with E-state index in [2.05, 4.69) is 4.98 Å². The van der Waals surface area contributed by atoms with Crippen molar-refractivity contribution in [2.24, 2.45) is 5.73 Å². The number of hydrogen-bond acceptors (Lipinski definition) is 4. The molecule has 0 amide bonds. The van der Waals surface area contributed by atoms with Gasteiger partial charge in [0.25, 0.3) is 0 Å². The van der Waals surface area contributed by atoms with Gasteiger partial charge in [0.2, 0.25) is 0 Å². The highest BCUT2D eigenvalue weighted by molar-refractivity contribution is 7.09. The number of aliphatic hydroxyl groups excluding tert-OH is 1. The van der Waals surface area contributed by atoms with Crippen LogP contribution in [0.2, 0.25) is 0 Å². The Hall–Kier alpha value is 0.130. The molecule has 0 saturated heterocycles. The second-order valence-electron chi connectivity index (χ2n) is 1.66. The summed E-state index contributed by atoms with van der Waals surface area (Å²) >= 11 is 1.46. The van der Waals surface area contributed by atoms with Gasteiger partial charge in [0.15, 0.2) is 0 Å². The molecule has 0 radical (unpaired) electrons. The van der Waals surface area contributed by atoms with E-state index in [1.54, 1.807) is 6.20 Å². The quantitative estimate of drug-likeness (QED) is 0.776. The molecule has 0 fully saturated rings. The zero-order valence-corrected chi connectivity index (χ0v) is 8.09. The van der Waals surface area contributed by atoms with Crippen LogP contribution in [0, 0.1) is 0 Å². The molecule has 0 aliphatic heterocycles. The van der Waals surface area contributed by atoms with E-state index >= 15 is 0 Å². The monoisotopic (exact) mass is 216 g/mol. The van der Waals surface area contributed by atoms with Crippen LogP contribution in [-0.4, -0.2) is 16.7 Å². The highest BCUT2D eigenvalue weighted by atomic mass is 35.5.